The van der Waals surface area contributed by atoms with Crippen LogP contribution in [0.15, 0.2) is 72.9 Å². The number of carbonyl (C=O) groups excluding carboxylic acids is 2. The van der Waals surface area contributed by atoms with E-state index in [1.54, 1.807) is 29.3 Å². The van der Waals surface area contributed by atoms with Crippen LogP contribution < -0.4 is 15.5 Å². The standard InChI is InChI=1S/C22H20N4O2/c27-21-7-4-14-26(21)19-11-8-16(9-12-19)22(28)25-18-10-13-20(23-15-18)24-17-5-2-1-3-6-17/h1-3,5-6,8-13,15H,4,7,14H2,(H,23,24)(H,25,28). The molecule has 0 saturated carbocycles. The highest BCUT2D eigenvalue weighted by Crippen LogP contribution is 2.22. The van der Waals surface area contributed by atoms with Gasteiger partial charge in [0.1, 0.15) is 5.82 Å². The summed E-state index contributed by atoms with van der Waals surface area (Å²) in [6.45, 7) is 0.736. The fourth-order valence-electron chi connectivity index (χ4n) is 3.13. The van der Waals surface area contributed by atoms with Crippen LogP contribution in [-0.2, 0) is 4.79 Å². The number of nitrogens with zero attached hydrogens (tertiary/aromatic N) is 2. The molecule has 0 unspecified atom stereocenters. The number of aromatic nitrogens is 1. The smallest absolute Gasteiger partial charge is 0.255 e. The summed E-state index contributed by atoms with van der Waals surface area (Å²) in [4.78, 5) is 30.3. The van der Waals surface area contributed by atoms with E-state index in [1.807, 2.05) is 48.5 Å². The van der Waals surface area contributed by atoms with Crippen molar-refractivity contribution in [2.45, 2.75) is 12.8 Å². The van der Waals surface area contributed by atoms with Gasteiger partial charge >= 0.3 is 0 Å². The molecule has 1 fully saturated rings. The van der Waals surface area contributed by atoms with Crippen LogP contribution in [-0.4, -0.2) is 23.3 Å². The summed E-state index contributed by atoms with van der Waals surface area (Å²) >= 11 is 0. The lowest BCUT2D eigenvalue weighted by Gasteiger charge is -2.15. The number of pyridine rings is 1. The number of hydrogen-bond acceptors (Lipinski definition) is 4. The molecule has 2 N–H and O–H groups in total. The zero-order chi connectivity index (χ0) is 19.3. The van der Waals surface area contributed by atoms with Crippen LogP contribution in [0.1, 0.15) is 23.2 Å². The lowest BCUT2D eigenvalue weighted by molar-refractivity contribution is -0.117. The molecular formula is C22H20N4O2. The number of hydrogen-bond donors (Lipinski definition) is 2. The van der Waals surface area contributed by atoms with Crippen LogP contribution in [0.3, 0.4) is 0 Å². The monoisotopic (exact) mass is 372 g/mol. The summed E-state index contributed by atoms with van der Waals surface area (Å²) in [5.41, 5.74) is 2.92. The Balaban J connectivity index is 1.38. The van der Waals surface area contributed by atoms with Gasteiger partial charge in [-0.2, -0.15) is 0 Å². The third kappa shape index (κ3) is 4.01. The first-order chi connectivity index (χ1) is 13.7. The minimum atomic E-state index is -0.218. The highest BCUT2D eigenvalue weighted by Gasteiger charge is 2.21. The van der Waals surface area contributed by atoms with E-state index in [-0.39, 0.29) is 11.8 Å². The Morgan fingerprint density at radius 3 is 2.36 bits per heavy atom. The largest absolute Gasteiger partial charge is 0.340 e. The van der Waals surface area contributed by atoms with Crippen molar-refractivity contribution in [1.29, 1.82) is 0 Å². The Hall–Kier alpha value is -3.67. The fourth-order valence-corrected chi connectivity index (χ4v) is 3.13. The maximum atomic E-state index is 12.5. The van der Waals surface area contributed by atoms with Gasteiger partial charge in [-0.25, -0.2) is 4.98 Å². The maximum Gasteiger partial charge on any atom is 0.255 e. The Bertz CT molecular complexity index is 970. The molecule has 1 aliphatic heterocycles. The first kappa shape index (κ1) is 17.7. The Morgan fingerprint density at radius 1 is 0.929 bits per heavy atom. The van der Waals surface area contributed by atoms with Gasteiger partial charge in [0.2, 0.25) is 5.91 Å². The van der Waals surface area contributed by atoms with Crippen LogP contribution in [0, 0.1) is 0 Å². The lowest BCUT2D eigenvalue weighted by atomic mass is 10.2. The maximum absolute atomic E-state index is 12.5. The van der Waals surface area contributed by atoms with Gasteiger partial charge in [-0.1, -0.05) is 18.2 Å². The Morgan fingerprint density at radius 2 is 1.71 bits per heavy atom. The quantitative estimate of drug-likeness (QED) is 0.704. The van der Waals surface area contributed by atoms with E-state index in [4.69, 9.17) is 0 Å². The van der Waals surface area contributed by atoms with Crippen LogP contribution in [0.4, 0.5) is 22.9 Å². The molecule has 1 aliphatic rings. The summed E-state index contributed by atoms with van der Waals surface area (Å²) in [6, 6.07) is 20.4. The fraction of sp³-hybridized carbons (Fsp3) is 0.136. The first-order valence-corrected chi connectivity index (χ1v) is 9.19. The average Bonchev–Trinajstić information content (AvgIpc) is 3.16. The summed E-state index contributed by atoms with van der Waals surface area (Å²) < 4.78 is 0. The van der Waals surface area contributed by atoms with Gasteiger partial charge in [-0.15, -0.1) is 0 Å². The van der Waals surface area contributed by atoms with Crippen molar-refractivity contribution in [2.24, 2.45) is 0 Å². The third-order valence-electron chi connectivity index (χ3n) is 4.58. The van der Waals surface area contributed by atoms with Gasteiger partial charge in [0, 0.05) is 29.9 Å². The summed E-state index contributed by atoms with van der Waals surface area (Å²) in [5.74, 6) is 0.612. The van der Waals surface area contributed by atoms with Crippen molar-refractivity contribution in [3.63, 3.8) is 0 Å². The summed E-state index contributed by atoms with van der Waals surface area (Å²) in [5, 5.41) is 6.03. The number of benzene rings is 2. The third-order valence-corrected chi connectivity index (χ3v) is 4.58. The van der Waals surface area contributed by atoms with Crippen molar-refractivity contribution < 1.29 is 9.59 Å². The predicted molar refractivity (Wildman–Crippen MR) is 110 cm³/mol. The number of carbonyl (C=O) groups is 2. The van der Waals surface area contributed by atoms with Crippen LogP contribution in [0.25, 0.3) is 0 Å². The van der Waals surface area contributed by atoms with E-state index in [2.05, 4.69) is 15.6 Å². The van der Waals surface area contributed by atoms with Crippen molar-refractivity contribution in [3.05, 3.63) is 78.5 Å². The van der Waals surface area contributed by atoms with E-state index in [1.165, 1.54) is 0 Å². The van der Waals surface area contributed by atoms with Crippen molar-refractivity contribution in [2.75, 3.05) is 22.1 Å². The molecule has 6 nitrogen and oxygen atoms in total. The molecule has 0 atom stereocenters. The van der Waals surface area contributed by atoms with Crippen LogP contribution in [0.2, 0.25) is 0 Å². The number of rotatable bonds is 5. The number of nitrogens with one attached hydrogen (secondary N) is 2. The van der Waals surface area contributed by atoms with Gasteiger partial charge in [-0.3, -0.25) is 9.59 Å². The van der Waals surface area contributed by atoms with Crippen LogP contribution in [0.5, 0.6) is 0 Å². The molecule has 6 heteroatoms. The second-order valence-electron chi connectivity index (χ2n) is 6.57. The minimum Gasteiger partial charge on any atom is -0.340 e. The van der Waals surface area contributed by atoms with E-state index in [9.17, 15) is 9.59 Å². The summed E-state index contributed by atoms with van der Waals surface area (Å²) in [7, 11) is 0. The molecule has 4 rings (SSSR count). The molecular weight excluding hydrogens is 352 g/mol. The minimum absolute atomic E-state index is 0.132. The van der Waals surface area contributed by atoms with Gasteiger partial charge in [0.15, 0.2) is 0 Å². The first-order valence-electron chi connectivity index (χ1n) is 9.19. The second kappa shape index (κ2) is 7.92. The lowest BCUT2D eigenvalue weighted by Crippen LogP contribution is -2.23. The second-order valence-corrected chi connectivity index (χ2v) is 6.57. The molecule has 2 aromatic carbocycles. The molecule has 0 aliphatic carbocycles. The molecule has 1 saturated heterocycles. The molecule has 0 bridgehead atoms. The SMILES string of the molecule is O=C(Nc1ccc(Nc2ccccc2)nc1)c1ccc(N2CCCC2=O)cc1. The zero-order valence-corrected chi connectivity index (χ0v) is 15.3. The normalized spacial score (nSPS) is 13.4. The van der Waals surface area contributed by atoms with Gasteiger partial charge in [-0.05, 0) is 55.0 Å². The van der Waals surface area contributed by atoms with E-state index >= 15 is 0 Å². The number of amides is 2. The zero-order valence-electron chi connectivity index (χ0n) is 15.3. The molecule has 140 valence electrons. The van der Waals surface area contributed by atoms with Crippen molar-refractivity contribution >= 4 is 34.7 Å². The van der Waals surface area contributed by atoms with E-state index < -0.39 is 0 Å². The van der Waals surface area contributed by atoms with Gasteiger partial charge < -0.3 is 15.5 Å². The van der Waals surface area contributed by atoms with E-state index in [0.717, 1.165) is 24.3 Å². The molecule has 1 aromatic heterocycles. The highest BCUT2D eigenvalue weighted by molar-refractivity contribution is 6.04. The topological polar surface area (TPSA) is 74.3 Å². The van der Waals surface area contributed by atoms with Crippen LogP contribution >= 0.6 is 0 Å². The van der Waals surface area contributed by atoms with E-state index in [0.29, 0.717) is 23.5 Å². The predicted octanol–water partition coefficient (Wildman–Crippen LogP) is 4.20. The Labute approximate surface area is 163 Å². The molecule has 0 spiro atoms. The van der Waals surface area contributed by atoms with Gasteiger partial charge in [0.05, 0.1) is 11.9 Å². The molecule has 0 radical (unpaired) electrons. The number of para-hydroxylation sites is 1. The van der Waals surface area contributed by atoms with Crippen molar-refractivity contribution in [3.8, 4) is 0 Å². The highest BCUT2D eigenvalue weighted by atomic mass is 16.2. The average molecular weight is 372 g/mol. The molecule has 3 aromatic rings. The number of anilines is 4. The Kier molecular flexibility index (Phi) is 5.01. The van der Waals surface area contributed by atoms with Gasteiger partial charge in [0.25, 0.3) is 5.91 Å². The molecule has 2 amide bonds. The molecule has 28 heavy (non-hydrogen) atoms. The van der Waals surface area contributed by atoms with Crippen molar-refractivity contribution in [1.82, 2.24) is 4.98 Å². The molecule has 2 heterocycles. The summed E-state index contributed by atoms with van der Waals surface area (Å²) in [6.07, 6.45) is 3.08.